The highest BCUT2D eigenvalue weighted by atomic mass is 19.1. The molecule has 0 saturated carbocycles. The van der Waals surface area contributed by atoms with Crippen molar-refractivity contribution in [3.8, 4) is 16.9 Å². The van der Waals surface area contributed by atoms with Crippen molar-refractivity contribution in [3.63, 3.8) is 0 Å². The van der Waals surface area contributed by atoms with Crippen molar-refractivity contribution in [2.45, 2.75) is 0 Å². The molecule has 0 spiro atoms. The minimum atomic E-state index is -1.27. The fourth-order valence-corrected chi connectivity index (χ4v) is 1.76. The molecule has 0 bridgehead atoms. The molecule has 2 aromatic rings. The van der Waals surface area contributed by atoms with E-state index in [0.717, 1.165) is 12.1 Å². The van der Waals surface area contributed by atoms with Crippen LogP contribution in [-0.2, 0) is 0 Å². The highest BCUT2D eigenvalue weighted by Crippen LogP contribution is 2.30. The van der Waals surface area contributed by atoms with Crippen LogP contribution < -0.4 is 4.74 Å². The van der Waals surface area contributed by atoms with Crippen LogP contribution >= 0.6 is 0 Å². The third-order valence-corrected chi connectivity index (χ3v) is 2.64. The lowest BCUT2D eigenvalue weighted by atomic mass is 10.0. The maximum atomic E-state index is 14.0. The van der Waals surface area contributed by atoms with Gasteiger partial charge in [0.05, 0.1) is 12.7 Å². The first kappa shape index (κ1) is 13.0. The Balaban J connectivity index is 2.62. The van der Waals surface area contributed by atoms with Crippen molar-refractivity contribution in [2.24, 2.45) is 0 Å². The quantitative estimate of drug-likeness (QED) is 0.924. The number of benzene rings is 2. The Bertz CT molecular complexity index is 639. The van der Waals surface area contributed by atoms with E-state index < -0.39 is 17.6 Å². The second kappa shape index (κ2) is 5.06. The zero-order chi connectivity index (χ0) is 14.0. The Hall–Kier alpha value is -2.43. The van der Waals surface area contributed by atoms with E-state index in [1.54, 1.807) is 6.07 Å². The zero-order valence-corrected chi connectivity index (χ0v) is 9.98. The third-order valence-electron chi connectivity index (χ3n) is 2.64. The Morgan fingerprint density at radius 1 is 1.21 bits per heavy atom. The number of aromatic carboxylic acids is 1. The molecule has 1 N–H and O–H groups in total. The molecule has 0 aliphatic carbocycles. The minimum absolute atomic E-state index is 0.0126. The topological polar surface area (TPSA) is 46.5 Å². The summed E-state index contributed by atoms with van der Waals surface area (Å²) >= 11 is 0. The second-order valence-corrected chi connectivity index (χ2v) is 3.86. The predicted molar refractivity (Wildman–Crippen MR) is 65.3 cm³/mol. The molecule has 0 fully saturated rings. The summed E-state index contributed by atoms with van der Waals surface area (Å²) in [7, 11) is 1.32. The largest absolute Gasteiger partial charge is 0.494 e. The van der Waals surface area contributed by atoms with E-state index in [1.807, 2.05) is 0 Å². The maximum absolute atomic E-state index is 14.0. The van der Waals surface area contributed by atoms with Crippen LogP contribution in [0, 0.1) is 11.6 Å². The van der Waals surface area contributed by atoms with Crippen LogP contribution in [0.25, 0.3) is 11.1 Å². The molecule has 2 aromatic carbocycles. The van der Waals surface area contributed by atoms with Crippen LogP contribution in [0.2, 0.25) is 0 Å². The van der Waals surface area contributed by atoms with E-state index in [9.17, 15) is 13.6 Å². The first-order chi connectivity index (χ1) is 9.02. The van der Waals surface area contributed by atoms with Crippen LogP contribution in [0.1, 0.15) is 10.4 Å². The van der Waals surface area contributed by atoms with Gasteiger partial charge in [-0.15, -0.1) is 0 Å². The van der Waals surface area contributed by atoms with Crippen molar-refractivity contribution in [1.29, 1.82) is 0 Å². The van der Waals surface area contributed by atoms with Gasteiger partial charge in [0.2, 0.25) is 0 Å². The molecule has 0 aromatic heterocycles. The lowest BCUT2D eigenvalue weighted by Gasteiger charge is -2.08. The number of hydrogen-bond donors (Lipinski definition) is 1. The van der Waals surface area contributed by atoms with Gasteiger partial charge in [-0.25, -0.2) is 13.6 Å². The first-order valence-corrected chi connectivity index (χ1v) is 5.39. The van der Waals surface area contributed by atoms with E-state index in [1.165, 1.54) is 25.3 Å². The average Bonchev–Trinajstić information content (AvgIpc) is 2.38. The molecule has 0 atom stereocenters. The highest BCUT2D eigenvalue weighted by molar-refractivity contribution is 5.89. The van der Waals surface area contributed by atoms with Crippen LogP contribution in [0.5, 0.6) is 5.75 Å². The molecular weight excluding hydrogens is 254 g/mol. The monoisotopic (exact) mass is 264 g/mol. The van der Waals surface area contributed by atoms with E-state index in [0.29, 0.717) is 0 Å². The van der Waals surface area contributed by atoms with Gasteiger partial charge in [0.1, 0.15) is 5.82 Å². The number of rotatable bonds is 3. The van der Waals surface area contributed by atoms with Gasteiger partial charge >= 0.3 is 5.97 Å². The van der Waals surface area contributed by atoms with Gasteiger partial charge in [0, 0.05) is 5.56 Å². The van der Waals surface area contributed by atoms with Crippen molar-refractivity contribution >= 4 is 5.97 Å². The molecule has 0 unspecified atom stereocenters. The van der Waals surface area contributed by atoms with Crippen molar-refractivity contribution < 1.29 is 23.4 Å². The lowest BCUT2D eigenvalue weighted by molar-refractivity contribution is 0.0696. The normalized spacial score (nSPS) is 10.3. The first-order valence-electron chi connectivity index (χ1n) is 5.39. The molecule has 3 nitrogen and oxygen atoms in total. The summed E-state index contributed by atoms with van der Waals surface area (Å²) in [5, 5.41) is 8.87. The fraction of sp³-hybridized carbons (Fsp3) is 0.0714. The van der Waals surface area contributed by atoms with E-state index in [4.69, 9.17) is 9.84 Å². The minimum Gasteiger partial charge on any atom is -0.494 e. The molecule has 0 aliphatic rings. The van der Waals surface area contributed by atoms with Gasteiger partial charge < -0.3 is 9.84 Å². The van der Waals surface area contributed by atoms with E-state index in [2.05, 4.69) is 0 Å². The third kappa shape index (κ3) is 2.54. The summed E-state index contributed by atoms with van der Waals surface area (Å²) in [5.41, 5.74) is -0.00706. The van der Waals surface area contributed by atoms with E-state index in [-0.39, 0.29) is 22.4 Å². The fourth-order valence-electron chi connectivity index (χ4n) is 1.76. The summed E-state index contributed by atoms with van der Waals surface area (Å²) < 4.78 is 32.2. The Kier molecular flexibility index (Phi) is 3.46. The Morgan fingerprint density at radius 3 is 2.58 bits per heavy atom. The van der Waals surface area contributed by atoms with Crippen molar-refractivity contribution in [1.82, 2.24) is 0 Å². The maximum Gasteiger partial charge on any atom is 0.335 e. The smallest absolute Gasteiger partial charge is 0.335 e. The average molecular weight is 264 g/mol. The number of carbonyl (C=O) groups is 1. The molecule has 2 rings (SSSR count). The molecule has 0 aliphatic heterocycles. The zero-order valence-electron chi connectivity index (χ0n) is 9.98. The van der Waals surface area contributed by atoms with E-state index >= 15 is 0 Å². The van der Waals surface area contributed by atoms with Crippen LogP contribution in [0.15, 0.2) is 36.4 Å². The Labute approximate surface area is 108 Å². The summed E-state index contributed by atoms with van der Waals surface area (Å²) in [4.78, 5) is 10.9. The molecule has 5 heteroatoms. The van der Waals surface area contributed by atoms with Crippen LogP contribution in [-0.4, -0.2) is 18.2 Å². The molecule has 0 saturated heterocycles. The summed E-state index contributed by atoms with van der Waals surface area (Å²) in [6, 6.07) is 7.56. The molecule has 0 heterocycles. The number of carboxylic acids is 1. The number of hydrogen-bond acceptors (Lipinski definition) is 2. The van der Waals surface area contributed by atoms with Gasteiger partial charge in [-0.3, -0.25) is 0 Å². The van der Waals surface area contributed by atoms with Gasteiger partial charge in [-0.2, -0.15) is 0 Å². The van der Waals surface area contributed by atoms with Crippen molar-refractivity contribution in [3.05, 3.63) is 53.6 Å². The van der Waals surface area contributed by atoms with Crippen LogP contribution in [0.4, 0.5) is 8.78 Å². The van der Waals surface area contributed by atoms with Gasteiger partial charge in [0.25, 0.3) is 0 Å². The molecule has 0 radical (unpaired) electrons. The number of ether oxygens (including phenoxy) is 1. The summed E-state index contributed by atoms with van der Waals surface area (Å²) in [6.45, 7) is 0. The SMILES string of the molecule is COc1cccc(-c2cc(F)cc(C(=O)O)c2)c1F. The van der Waals surface area contributed by atoms with Gasteiger partial charge in [-0.1, -0.05) is 12.1 Å². The molecular formula is C14H10F2O3. The standard InChI is InChI=1S/C14H10F2O3/c1-19-12-4-2-3-11(13(12)16)8-5-9(14(17)18)7-10(15)6-8/h2-7H,1H3,(H,17,18). The predicted octanol–water partition coefficient (Wildman–Crippen LogP) is 3.34. The van der Waals surface area contributed by atoms with Gasteiger partial charge in [-0.05, 0) is 29.8 Å². The number of halogens is 2. The highest BCUT2D eigenvalue weighted by Gasteiger charge is 2.14. The second-order valence-electron chi connectivity index (χ2n) is 3.86. The Morgan fingerprint density at radius 2 is 1.95 bits per heavy atom. The summed E-state index contributed by atoms with van der Waals surface area (Å²) in [5.74, 6) is -2.66. The van der Waals surface area contributed by atoms with Crippen LogP contribution in [0.3, 0.4) is 0 Å². The number of methoxy groups -OCH3 is 1. The summed E-state index contributed by atoms with van der Waals surface area (Å²) in [6.07, 6.45) is 0. The van der Waals surface area contributed by atoms with Crippen molar-refractivity contribution in [2.75, 3.05) is 7.11 Å². The number of carboxylic acid groups (broad SMARTS) is 1. The van der Waals surface area contributed by atoms with Gasteiger partial charge in [0.15, 0.2) is 11.6 Å². The molecule has 0 amide bonds. The lowest BCUT2D eigenvalue weighted by Crippen LogP contribution is -1.98. The molecule has 19 heavy (non-hydrogen) atoms. The molecule has 98 valence electrons.